The second-order valence-corrected chi connectivity index (χ2v) is 18.5. The molecule has 3 aliphatic rings. The maximum Gasteiger partial charge on any atom is 0.0465 e. The number of fused-ring (bicyclic) bond motifs is 3. The first-order valence-electron chi connectivity index (χ1n) is 22.6. The van der Waals surface area contributed by atoms with Gasteiger partial charge in [0.2, 0.25) is 0 Å². The van der Waals surface area contributed by atoms with Gasteiger partial charge >= 0.3 is 0 Å². The topological polar surface area (TPSA) is 6.48 Å². The lowest BCUT2D eigenvalue weighted by Gasteiger charge is -2.41. The van der Waals surface area contributed by atoms with Crippen molar-refractivity contribution in [3.63, 3.8) is 0 Å². The van der Waals surface area contributed by atoms with E-state index in [1.165, 1.54) is 118 Å². The molecule has 0 atom stereocenters. The van der Waals surface area contributed by atoms with E-state index in [1.54, 1.807) is 0 Å². The molecule has 0 N–H and O–H groups in total. The lowest BCUT2D eigenvalue weighted by molar-refractivity contribution is 0.280. The quantitative estimate of drug-likeness (QED) is 0.144. The first-order chi connectivity index (χ1) is 29.4. The van der Waals surface area contributed by atoms with Crippen LogP contribution in [0.5, 0.6) is 0 Å². The van der Waals surface area contributed by atoms with Crippen LogP contribution in [0.25, 0.3) is 11.1 Å². The number of hydrogen-bond acceptors (Lipinski definition) is 2. The number of rotatable bonds is 9. The molecule has 7 aromatic rings. The van der Waals surface area contributed by atoms with Crippen LogP contribution in [-0.4, -0.2) is 0 Å². The highest BCUT2D eigenvalue weighted by atomic mass is 15.1. The van der Waals surface area contributed by atoms with Gasteiger partial charge in [0.15, 0.2) is 0 Å². The Labute approximate surface area is 358 Å². The molecule has 2 heteroatoms. The third-order valence-electron chi connectivity index (χ3n) is 14.6. The van der Waals surface area contributed by atoms with Gasteiger partial charge in [-0.15, -0.1) is 0 Å². The molecule has 0 aliphatic heterocycles. The summed E-state index contributed by atoms with van der Waals surface area (Å²) in [5.41, 5.74) is 16.9. The van der Waals surface area contributed by atoms with Crippen LogP contribution in [0.3, 0.4) is 0 Å². The van der Waals surface area contributed by atoms with Crippen LogP contribution in [-0.2, 0) is 10.8 Å². The van der Waals surface area contributed by atoms with Crippen molar-refractivity contribution in [3.05, 3.63) is 204 Å². The molecule has 0 saturated heterocycles. The third-order valence-corrected chi connectivity index (χ3v) is 14.6. The Balaban J connectivity index is 0.993. The summed E-state index contributed by atoms with van der Waals surface area (Å²) < 4.78 is 0. The van der Waals surface area contributed by atoms with E-state index < -0.39 is 0 Å². The van der Waals surface area contributed by atoms with Crippen LogP contribution in [0.4, 0.5) is 34.1 Å². The fourth-order valence-corrected chi connectivity index (χ4v) is 11.1. The van der Waals surface area contributed by atoms with E-state index in [4.69, 9.17) is 0 Å². The van der Waals surface area contributed by atoms with Crippen LogP contribution >= 0.6 is 0 Å². The summed E-state index contributed by atoms with van der Waals surface area (Å²) >= 11 is 0. The number of hydrogen-bond donors (Lipinski definition) is 0. The van der Waals surface area contributed by atoms with Gasteiger partial charge < -0.3 is 9.80 Å². The minimum absolute atomic E-state index is 0.0380. The Bertz CT molecular complexity index is 2540. The van der Waals surface area contributed by atoms with Crippen LogP contribution < -0.4 is 9.80 Å². The number of anilines is 6. The molecule has 10 rings (SSSR count). The largest absolute Gasteiger partial charge is 0.311 e. The predicted octanol–water partition coefficient (Wildman–Crippen LogP) is 16.5. The van der Waals surface area contributed by atoms with E-state index in [0.717, 1.165) is 18.8 Å². The maximum atomic E-state index is 2.44. The molecular weight excluding hydrogens is 725 g/mol. The van der Waals surface area contributed by atoms with Crippen LogP contribution in [0.1, 0.15) is 112 Å². The Morgan fingerprint density at radius 3 is 1.43 bits per heavy atom. The summed E-state index contributed by atoms with van der Waals surface area (Å²) in [7, 11) is 0. The van der Waals surface area contributed by atoms with Crippen molar-refractivity contribution >= 4 is 34.1 Å². The van der Waals surface area contributed by atoms with E-state index >= 15 is 0 Å². The van der Waals surface area contributed by atoms with Crippen LogP contribution in [0.2, 0.25) is 0 Å². The third kappa shape index (κ3) is 6.94. The van der Waals surface area contributed by atoms with Crippen molar-refractivity contribution < 1.29 is 0 Å². The smallest absolute Gasteiger partial charge is 0.0465 e. The van der Waals surface area contributed by atoms with Crippen LogP contribution in [0.15, 0.2) is 176 Å². The number of benzene rings is 7. The zero-order chi connectivity index (χ0) is 40.7. The lowest BCUT2D eigenvalue weighted by atomic mass is 9.63. The molecule has 60 heavy (non-hydrogen) atoms. The molecule has 2 nitrogen and oxygen atoms in total. The van der Waals surface area contributed by atoms with Gasteiger partial charge in [-0.25, -0.2) is 0 Å². The number of para-hydroxylation sites is 2. The second-order valence-electron chi connectivity index (χ2n) is 18.5. The van der Waals surface area contributed by atoms with Crippen molar-refractivity contribution in [1.82, 2.24) is 0 Å². The standard InChI is InChI=1S/C58H58N2/c1-42-37-39-58(40-38-42,45-25-31-50(32-26-45)59(47-17-9-5-10-18-47)49-29-23-44(24-30-49)43-15-7-4-8-16-43)46-27-33-51(34-28-46)60(48-19-11-6-12-20-48)52-35-36-54-53-21-13-14-22-55(53)57(2,3)56(54)41-52/h5-6,9-14,17-36,41-43H,4,7-8,15-16,37-40H2,1-3H3. The highest BCUT2D eigenvalue weighted by Crippen LogP contribution is 2.52. The maximum absolute atomic E-state index is 2.44. The van der Waals surface area contributed by atoms with Gasteiger partial charge in [0, 0.05) is 45.0 Å². The SMILES string of the molecule is CC1CCC(c2ccc(N(c3ccccc3)c3ccc(C4CCCCC4)cc3)cc2)(c2ccc(N(c3ccccc3)c3ccc4c(c3)C(C)(C)c3ccccc3-4)cc2)CC1. The highest BCUT2D eigenvalue weighted by molar-refractivity contribution is 5.85. The summed E-state index contributed by atoms with van der Waals surface area (Å²) in [6, 6.07) is 66.5. The number of nitrogens with zero attached hydrogens (tertiary/aromatic N) is 2. The Kier molecular flexibility index (Phi) is 10.2. The van der Waals surface area contributed by atoms with Crippen molar-refractivity contribution in [2.45, 2.75) is 95.3 Å². The first-order valence-corrected chi connectivity index (χ1v) is 22.6. The van der Waals surface area contributed by atoms with E-state index in [2.05, 4.69) is 206 Å². The molecule has 7 aromatic carbocycles. The highest BCUT2D eigenvalue weighted by Gasteiger charge is 2.38. The Morgan fingerprint density at radius 2 is 0.867 bits per heavy atom. The van der Waals surface area contributed by atoms with Gasteiger partial charge in [0.25, 0.3) is 0 Å². The van der Waals surface area contributed by atoms with Gasteiger partial charge in [-0.05, 0) is 162 Å². The average molecular weight is 783 g/mol. The van der Waals surface area contributed by atoms with Crippen molar-refractivity contribution in [1.29, 1.82) is 0 Å². The van der Waals surface area contributed by atoms with Crippen molar-refractivity contribution in [3.8, 4) is 11.1 Å². The molecule has 2 saturated carbocycles. The zero-order valence-corrected chi connectivity index (χ0v) is 35.7. The fraction of sp³-hybridized carbons (Fsp3) is 0.276. The Morgan fingerprint density at radius 1 is 0.417 bits per heavy atom. The Hall–Kier alpha value is -5.86. The minimum atomic E-state index is -0.0640. The molecule has 2 fully saturated rings. The molecule has 0 spiro atoms. The van der Waals surface area contributed by atoms with Gasteiger partial charge in [0.05, 0.1) is 0 Å². The summed E-state index contributed by atoms with van der Waals surface area (Å²) in [5.74, 6) is 1.44. The molecule has 0 amide bonds. The van der Waals surface area contributed by atoms with E-state index in [9.17, 15) is 0 Å². The average Bonchev–Trinajstić information content (AvgIpc) is 3.54. The predicted molar refractivity (Wildman–Crippen MR) is 254 cm³/mol. The molecule has 0 bridgehead atoms. The molecule has 0 radical (unpaired) electrons. The molecule has 3 aliphatic carbocycles. The van der Waals surface area contributed by atoms with Gasteiger partial charge in [-0.3, -0.25) is 0 Å². The normalized spacial score (nSPS) is 19.6. The molecule has 0 unspecified atom stereocenters. The molecule has 300 valence electrons. The fourth-order valence-electron chi connectivity index (χ4n) is 11.1. The molecule has 0 heterocycles. The van der Waals surface area contributed by atoms with Crippen molar-refractivity contribution in [2.75, 3.05) is 9.80 Å². The summed E-state index contributed by atoms with van der Waals surface area (Å²) in [6.07, 6.45) is 11.5. The summed E-state index contributed by atoms with van der Waals surface area (Å²) in [4.78, 5) is 4.86. The van der Waals surface area contributed by atoms with Gasteiger partial charge in [0.1, 0.15) is 0 Å². The lowest BCUT2D eigenvalue weighted by Crippen LogP contribution is -2.32. The van der Waals surface area contributed by atoms with Gasteiger partial charge in [-0.1, -0.05) is 143 Å². The molecular formula is C58H58N2. The van der Waals surface area contributed by atoms with Crippen molar-refractivity contribution in [2.24, 2.45) is 5.92 Å². The van der Waals surface area contributed by atoms with E-state index in [1.807, 2.05) is 0 Å². The minimum Gasteiger partial charge on any atom is -0.311 e. The van der Waals surface area contributed by atoms with E-state index in [0.29, 0.717) is 5.92 Å². The second kappa shape index (κ2) is 16.0. The summed E-state index contributed by atoms with van der Waals surface area (Å²) in [6.45, 7) is 7.17. The van der Waals surface area contributed by atoms with E-state index in [-0.39, 0.29) is 10.8 Å². The van der Waals surface area contributed by atoms with Crippen LogP contribution in [0, 0.1) is 5.92 Å². The summed E-state index contributed by atoms with van der Waals surface area (Å²) in [5, 5.41) is 0. The molecule has 0 aromatic heterocycles. The zero-order valence-electron chi connectivity index (χ0n) is 35.7. The van der Waals surface area contributed by atoms with Gasteiger partial charge in [-0.2, -0.15) is 0 Å². The monoisotopic (exact) mass is 782 g/mol. The first kappa shape index (κ1) is 38.3.